The highest BCUT2D eigenvalue weighted by Gasteiger charge is 2.21. The minimum Gasteiger partial charge on any atom is -0.497 e. The number of nitrogens with one attached hydrogen (secondary N) is 1. The Bertz CT molecular complexity index is 849. The molecule has 8 heteroatoms. The summed E-state index contributed by atoms with van der Waals surface area (Å²) in [7, 11) is 3.07. The Balaban J connectivity index is 2.03. The number of anilines is 1. The number of carbonyl (C=O) groups is 2. The van der Waals surface area contributed by atoms with Crippen molar-refractivity contribution in [2.75, 3.05) is 19.5 Å². The van der Waals surface area contributed by atoms with Crippen molar-refractivity contribution >= 4 is 17.7 Å². The molecule has 0 heterocycles. The summed E-state index contributed by atoms with van der Waals surface area (Å²) in [4.78, 5) is 23.6. The van der Waals surface area contributed by atoms with Crippen LogP contribution in [0.4, 0.5) is 10.5 Å². The Kier molecular flexibility index (Phi) is 8.49. The molecule has 0 radical (unpaired) electrons. The number of hydrogen-bond donors (Lipinski definition) is 2. The fourth-order valence-corrected chi connectivity index (χ4v) is 2.78. The standard InChI is InChI=1S/C22H27NO7/c1-14(2)30-20(21(24)25)12-15-5-10-19(28-4)16(11-15)13-29-22(26)23-17-6-8-18(27-3)9-7-17/h5-11,14,20H,12-13H2,1-4H3,(H,23,26)(H,24,25). The van der Waals surface area contributed by atoms with Gasteiger partial charge in [-0.25, -0.2) is 9.59 Å². The summed E-state index contributed by atoms with van der Waals surface area (Å²) in [6.45, 7) is 3.52. The van der Waals surface area contributed by atoms with Crippen LogP contribution in [-0.2, 0) is 27.3 Å². The number of carboxylic acids is 1. The van der Waals surface area contributed by atoms with E-state index in [0.717, 1.165) is 5.56 Å². The van der Waals surface area contributed by atoms with Gasteiger partial charge in [0.25, 0.3) is 0 Å². The molecule has 2 N–H and O–H groups in total. The van der Waals surface area contributed by atoms with Crippen molar-refractivity contribution in [3.8, 4) is 11.5 Å². The van der Waals surface area contributed by atoms with Crippen molar-refractivity contribution in [3.05, 3.63) is 53.6 Å². The van der Waals surface area contributed by atoms with Crippen LogP contribution in [-0.4, -0.2) is 43.6 Å². The van der Waals surface area contributed by atoms with Crippen LogP contribution >= 0.6 is 0 Å². The van der Waals surface area contributed by atoms with E-state index in [1.165, 1.54) is 7.11 Å². The van der Waals surface area contributed by atoms with Crippen LogP contribution < -0.4 is 14.8 Å². The molecule has 2 aromatic rings. The van der Waals surface area contributed by atoms with Gasteiger partial charge in [-0.3, -0.25) is 5.32 Å². The lowest BCUT2D eigenvalue weighted by molar-refractivity contribution is -0.153. The molecule has 0 fully saturated rings. The molecular weight excluding hydrogens is 390 g/mol. The Morgan fingerprint density at radius 3 is 2.30 bits per heavy atom. The number of amides is 1. The lowest BCUT2D eigenvalue weighted by atomic mass is 10.0. The molecule has 0 aliphatic rings. The van der Waals surface area contributed by atoms with Crippen molar-refractivity contribution < 1.29 is 33.6 Å². The van der Waals surface area contributed by atoms with E-state index in [9.17, 15) is 14.7 Å². The summed E-state index contributed by atoms with van der Waals surface area (Å²) in [5, 5.41) is 12.0. The van der Waals surface area contributed by atoms with Gasteiger partial charge in [-0.1, -0.05) is 6.07 Å². The van der Waals surface area contributed by atoms with Crippen LogP contribution in [0.15, 0.2) is 42.5 Å². The molecule has 0 aliphatic carbocycles. The van der Waals surface area contributed by atoms with Crippen LogP contribution in [0.1, 0.15) is 25.0 Å². The Hall–Kier alpha value is -3.26. The lowest BCUT2D eigenvalue weighted by Gasteiger charge is -2.17. The number of rotatable bonds is 10. The van der Waals surface area contributed by atoms with Crippen LogP contribution in [0.2, 0.25) is 0 Å². The van der Waals surface area contributed by atoms with Crippen LogP contribution in [0.25, 0.3) is 0 Å². The molecular formula is C22H27NO7. The van der Waals surface area contributed by atoms with E-state index < -0.39 is 18.2 Å². The van der Waals surface area contributed by atoms with E-state index in [2.05, 4.69) is 5.32 Å². The summed E-state index contributed by atoms with van der Waals surface area (Å²) in [6, 6.07) is 12.1. The molecule has 0 bridgehead atoms. The third kappa shape index (κ3) is 6.97. The summed E-state index contributed by atoms with van der Waals surface area (Å²) in [6.07, 6.45) is -1.62. The van der Waals surface area contributed by atoms with E-state index in [4.69, 9.17) is 18.9 Å². The zero-order chi connectivity index (χ0) is 22.1. The molecule has 1 atom stereocenters. The minimum absolute atomic E-state index is 0.0399. The number of hydrogen-bond acceptors (Lipinski definition) is 6. The summed E-state index contributed by atoms with van der Waals surface area (Å²) < 4.78 is 21.1. The maximum Gasteiger partial charge on any atom is 0.411 e. The van der Waals surface area contributed by atoms with Crippen LogP contribution in [0, 0.1) is 0 Å². The second kappa shape index (κ2) is 11.1. The number of ether oxygens (including phenoxy) is 4. The zero-order valence-corrected chi connectivity index (χ0v) is 17.5. The molecule has 8 nitrogen and oxygen atoms in total. The summed E-state index contributed by atoms with van der Waals surface area (Å²) >= 11 is 0. The Morgan fingerprint density at radius 2 is 1.73 bits per heavy atom. The van der Waals surface area contributed by atoms with Gasteiger partial charge >= 0.3 is 12.1 Å². The predicted molar refractivity (Wildman–Crippen MR) is 111 cm³/mol. The topological polar surface area (TPSA) is 103 Å². The third-order valence-corrected chi connectivity index (χ3v) is 4.17. The van der Waals surface area contributed by atoms with Gasteiger partial charge in [0.2, 0.25) is 0 Å². The minimum atomic E-state index is -1.03. The van der Waals surface area contributed by atoms with E-state index in [0.29, 0.717) is 22.7 Å². The molecule has 0 saturated carbocycles. The molecule has 30 heavy (non-hydrogen) atoms. The highest BCUT2D eigenvalue weighted by atomic mass is 16.5. The first-order valence-corrected chi connectivity index (χ1v) is 9.44. The average molecular weight is 417 g/mol. The predicted octanol–water partition coefficient (Wildman–Crippen LogP) is 3.87. The third-order valence-electron chi connectivity index (χ3n) is 4.17. The number of carbonyl (C=O) groups excluding carboxylic acids is 1. The molecule has 2 rings (SSSR count). The van der Waals surface area contributed by atoms with Gasteiger partial charge in [0.05, 0.1) is 20.3 Å². The Labute approximate surface area is 175 Å². The SMILES string of the molecule is COc1ccc(NC(=O)OCc2cc(CC(OC(C)C)C(=O)O)ccc2OC)cc1. The van der Waals surface area contributed by atoms with E-state index >= 15 is 0 Å². The fraction of sp³-hybridized carbons (Fsp3) is 0.364. The van der Waals surface area contributed by atoms with E-state index in [1.807, 2.05) is 0 Å². The van der Waals surface area contributed by atoms with Crippen molar-refractivity contribution in [2.45, 2.75) is 39.1 Å². The van der Waals surface area contributed by atoms with Crippen molar-refractivity contribution in [1.29, 1.82) is 0 Å². The first-order valence-electron chi connectivity index (χ1n) is 9.44. The molecule has 0 saturated heterocycles. The number of aliphatic carboxylic acids is 1. The first-order chi connectivity index (χ1) is 14.3. The van der Waals surface area contributed by atoms with Gasteiger partial charge in [0.1, 0.15) is 18.1 Å². The Morgan fingerprint density at radius 1 is 1.03 bits per heavy atom. The monoisotopic (exact) mass is 417 g/mol. The van der Waals surface area contributed by atoms with Crippen molar-refractivity contribution in [3.63, 3.8) is 0 Å². The maximum absolute atomic E-state index is 12.1. The van der Waals surface area contributed by atoms with Crippen LogP contribution in [0.5, 0.6) is 11.5 Å². The number of carboxylic acid groups (broad SMARTS) is 1. The second-order valence-corrected chi connectivity index (χ2v) is 6.79. The normalized spacial score (nSPS) is 11.6. The maximum atomic E-state index is 12.1. The number of benzene rings is 2. The fourth-order valence-electron chi connectivity index (χ4n) is 2.78. The van der Waals surface area contributed by atoms with Crippen molar-refractivity contribution in [2.24, 2.45) is 0 Å². The van der Waals surface area contributed by atoms with Gasteiger partial charge in [0, 0.05) is 17.7 Å². The van der Waals surface area contributed by atoms with E-state index in [1.54, 1.807) is 63.4 Å². The molecule has 162 valence electrons. The van der Waals surface area contributed by atoms with Crippen molar-refractivity contribution in [1.82, 2.24) is 0 Å². The smallest absolute Gasteiger partial charge is 0.411 e. The molecule has 2 aromatic carbocycles. The number of methoxy groups -OCH3 is 2. The highest BCUT2D eigenvalue weighted by molar-refractivity contribution is 5.84. The van der Waals surface area contributed by atoms with Gasteiger partial charge in [0.15, 0.2) is 6.10 Å². The molecule has 0 aromatic heterocycles. The summed E-state index contributed by atoms with van der Waals surface area (Å²) in [5.74, 6) is 0.181. The van der Waals surface area contributed by atoms with Crippen LogP contribution in [0.3, 0.4) is 0 Å². The summed E-state index contributed by atoms with van der Waals surface area (Å²) in [5.41, 5.74) is 1.92. The zero-order valence-electron chi connectivity index (χ0n) is 17.5. The van der Waals surface area contributed by atoms with Gasteiger partial charge < -0.3 is 24.1 Å². The quantitative estimate of drug-likeness (QED) is 0.605. The van der Waals surface area contributed by atoms with Gasteiger partial charge in [-0.15, -0.1) is 0 Å². The second-order valence-electron chi connectivity index (χ2n) is 6.79. The molecule has 0 spiro atoms. The highest BCUT2D eigenvalue weighted by Crippen LogP contribution is 2.23. The van der Waals surface area contributed by atoms with Gasteiger partial charge in [-0.2, -0.15) is 0 Å². The molecule has 1 unspecified atom stereocenters. The lowest BCUT2D eigenvalue weighted by Crippen LogP contribution is -2.29. The molecule has 0 aliphatic heterocycles. The van der Waals surface area contributed by atoms with Gasteiger partial charge in [-0.05, 0) is 55.8 Å². The average Bonchev–Trinajstić information content (AvgIpc) is 2.72. The van der Waals surface area contributed by atoms with E-state index in [-0.39, 0.29) is 19.1 Å². The largest absolute Gasteiger partial charge is 0.497 e. The molecule has 1 amide bonds. The first kappa shape index (κ1) is 23.0.